The predicted molar refractivity (Wildman–Crippen MR) is 141 cm³/mol. The van der Waals surface area contributed by atoms with Crippen molar-refractivity contribution in [2.24, 2.45) is 10.1 Å². The molecular formula is C27H32N4O3S. The second-order valence-corrected chi connectivity index (χ2v) is 10.5. The maximum Gasteiger partial charge on any atom is 0.238 e. The van der Waals surface area contributed by atoms with E-state index in [0.29, 0.717) is 24.7 Å². The summed E-state index contributed by atoms with van der Waals surface area (Å²) in [4.78, 5) is 7.25. The Morgan fingerprint density at radius 3 is 2.49 bits per heavy atom. The quantitative estimate of drug-likeness (QED) is 0.265. The highest BCUT2D eigenvalue weighted by Gasteiger charge is 2.22. The monoisotopic (exact) mass is 492 g/mol. The van der Waals surface area contributed by atoms with Gasteiger partial charge in [-0.2, -0.15) is 0 Å². The van der Waals surface area contributed by atoms with Crippen molar-refractivity contribution in [3.05, 3.63) is 78.4 Å². The van der Waals surface area contributed by atoms with Crippen LogP contribution < -0.4 is 10.5 Å². The number of phenols is 1. The molecule has 3 aromatic carbocycles. The Hall–Kier alpha value is -3.36. The van der Waals surface area contributed by atoms with Crippen molar-refractivity contribution in [1.82, 2.24) is 4.90 Å². The number of phenolic OH excluding ortho intramolecular Hbond substituents is 1. The zero-order valence-corrected chi connectivity index (χ0v) is 20.7. The zero-order valence-electron chi connectivity index (χ0n) is 19.9. The molecule has 0 aliphatic carbocycles. The number of nitrogens with one attached hydrogen (secondary N) is 1. The fourth-order valence-electron chi connectivity index (χ4n) is 4.32. The topological polar surface area (TPSA) is 108 Å². The molecule has 0 amide bonds. The fourth-order valence-corrected chi connectivity index (χ4v) is 4.83. The van der Waals surface area contributed by atoms with Gasteiger partial charge in [-0.1, -0.05) is 48.5 Å². The number of aliphatic imine (C=N–C) groups is 1. The predicted octanol–water partition coefficient (Wildman–Crippen LogP) is 4.59. The first-order valence-corrected chi connectivity index (χ1v) is 13.4. The molecule has 1 fully saturated rings. The first kappa shape index (κ1) is 24.8. The van der Waals surface area contributed by atoms with Gasteiger partial charge in [0.2, 0.25) is 10.0 Å². The first-order chi connectivity index (χ1) is 16.8. The van der Waals surface area contributed by atoms with Crippen LogP contribution in [0.25, 0.3) is 11.1 Å². The van der Waals surface area contributed by atoms with Gasteiger partial charge < -0.3 is 15.3 Å². The highest BCUT2D eigenvalue weighted by Crippen LogP contribution is 2.30. The summed E-state index contributed by atoms with van der Waals surface area (Å²) < 4.78 is 23.0. The lowest BCUT2D eigenvalue weighted by molar-refractivity contribution is 0.257. The van der Waals surface area contributed by atoms with Crippen LogP contribution in [0.1, 0.15) is 31.7 Å². The van der Waals surface area contributed by atoms with Gasteiger partial charge in [-0.05, 0) is 73.6 Å². The van der Waals surface area contributed by atoms with Crippen LogP contribution in [-0.2, 0) is 16.4 Å². The SMILES string of the molecule is CC1CCCCN1C(=NCCc1ccc(S(N)(=O)=O)cc1)Nc1cc(-c2ccccc2)ccc1O. The lowest BCUT2D eigenvalue weighted by Gasteiger charge is -2.36. The summed E-state index contributed by atoms with van der Waals surface area (Å²) in [6.07, 6.45) is 4.02. The smallest absolute Gasteiger partial charge is 0.238 e. The van der Waals surface area contributed by atoms with Crippen LogP contribution in [-0.4, -0.2) is 43.5 Å². The number of benzene rings is 3. The first-order valence-electron chi connectivity index (χ1n) is 11.9. The van der Waals surface area contributed by atoms with E-state index in [0.717, 1.165) is 42.0 Å². The summed E-state index contributed by atoms with van der Waals surface area (Å²) >= 11 is 0. The highest BCUT2D eigenvalue weighted by molar-refractivity contribution is 7.89. The number of nitrogens with zero attached hydrogens (tertiary/aromatic N) is 2. The summed E-state index contributed by atoms with van der Waals surface area (Å²) in [7, 11) is -3.70. The van der Waals surface area contributed by atoms with Gasteiger partial charge in [0.25, 0.3) is 0 Å². The number of sulfonamides is 1. The normalized spacial score (nSPS) is 16.8. The molecule has 1 unspecified atom stereocenters. The van der Waals surface area contributed by atoms with Gasteiger partial charge in [0, 0.05) is 19.1 Å². The molecule has 0 radical (unpaired) electrons. The van der Waals surface area contributed by atoms with Crippen LogP contribution in [0.15, 0.2) is 82.7 Å². The van der Waals surface area contributed by atoms with Crippen molar-refractivity contribution in [2.75, 3.05) is 18.4 Å². The van der Waals surface area contributed by atoms with Crippen molar-refractivity contribution in [3.63, 3.8) is 0 Å². The number of nitrogens with two attached hydrogens (primary N) is 1. The molecule has 0 spiro atoms. The number of hydrogen-bond acceptors (Lipinski definition) is 4. The second kappa shape index (κ2) is 10.9. The van der Waals surface area contributed by atoms with E-state index in [9.17, 15) is 13.5 Å². The third-order valence-corrected chi connectivity index (χ3v) is 7.27. The van der Waals surface area contributed by atoms with E-state index >= 15 is 0 Å². The van der Waals surface area contributed by atoms with E-state index in [2.05, 4.69) is 17.1 Å². The molecule has 4 rings (SSSR count). The van der Waals surface area contributed by atoms with E-state index in [1.54, 1.807) is 18.2 Å². The van der Waals surface area contributed by atoms with Crippen LogP contribution in [0, 0.1) is 0 Å². The van der Waals surface area contributed by atoms with E-state index in [1.807, 2.05) is 42.5 Å². The third-order valence-electron chi connectivity index (χ3n) is 6.34. The fraction of sp³-hybridized carbons (Fsp3) is 0.296. The zero-order chi connectivity index (χ0) is 24.8. The Kier molecular flexibility index (Phi) is 7.73. The molecule has 1 atom stereocenters. The summed E-state index contributed by atoms with van der Waals surface area (Å²) in [6.45, 7) is 3.61. The van der Waals surface area contributed by atoms with Gasteiger partial charge in [0.1, 0.15) is 5.75 Å². The molecule has 1 heterocycles. The largest absolute Gasteiger partial charge is 0.506 e. The van der Waals surface area contributed by atoms with Gasteiger partial charge in [-0.25, -0.2) is 13.6 Å². The minimum absolute atomic E-state index is 0.100. The molecule has 7 nitrogen and oxygen atoms in total. The molecule has 0 aromatic heterocycles. The Morgan fingerprint density at radius 2 is 1.80 bits per heavy atom. The number of guanidine groups is 1. The van der Waals surface area contributed by atoms with Gasteiger partial charge in [0.15, 0.2) is 5.96 Å². The minimum atomic E-state index is -3.70. The molecule has 0 bridgehead atoms. The molecule has 3 aromatic rings. The molecule has 1 aliphatic heterocycles. The van der Waals surface area contributed by atoms with Crippen LogP contribution in [0.3, 0.4) is 0 Å². The number of rotatable bonds is 6. The van der Waals surface area contributed by atoms with Crippen molar-refractivity contribution in [2.45, 2.75) is 43.5 Å². The number of hydrogen-bond donors (Lipinski definition) is 3. The molecular weight excluding hydrogens is 460 g/mol. The van der Waals surface area contributed by atoms with Gasteiger partial charge in [0.05, 0.1) is 10.6 Å². The molecule has 0 saturated carbocycles. The Labute approximate surface area is 207 Å². The number of primary sulfonamides is 1. The lowest BCUT2D eigenvalue weighted by atomic mass is 10.0. The van der Waals surface area contributed by atoms with Gasteiger partial charge >= 0.3 is 0 Å². The molecule has 4 N–H and O–H groups in total. The van der Waals surface area contributed by atoms with Gasteiger partial charge in [-0.15, -0.1) is 0 Å². The van der Waals surface area contributed by atoms with Crippen LogP contribution in [0.5, 0.6) is 5.75 Å². The average molecular weight is 493 g/mol. The molecule has 1 aliphatic rings. The summed E-state index contributed by atoms with van der Waals surface area (Å²) in [5.41, 5.74) is 3.66. The molecule has 8 heteroatoms. The molecule has 184 valence electrons. The Balaban J connectivity index is 1.56. The Morgan fingerprint density at radius 1 is 1.06 bits per heavy atom. The van der Waals surface area contributed by atoms with Crippen LogP contribution in [0.2, 0.25) is 0 Å². The number of piperidine rings is 1. The third kappa shape index (κ3) is 6.41. The minimum Gasteiger partial charge on any atom is -0.506 e. The maximum absolute atomic E-state index is 11.5. The second-order valence-electron chi connectivity index (χ2n) is 8.91. The standard InChI is InChI=1S/C27H32N4O3S/c1-20-7-5-6-18-31(20)27(29-17-16-21-10-13-24(14-11-21)35(28,33)34)30-25-19-23(12-15-26(25)32)22-8-3-2-4-9-22/h2-4,8-15,19-20,32H,5-7,16-18H2,1H3,(H,29,30)(H2,28,33,34). The van der Waals surface area contributed by atoms with Crippen molar-refractivity contribution in [3.8, 4) is 16.9 Å². The average Bonchev–Trinajstić information content (AvgIpc) is 2.85. The summed E-state index contributed by atoms with van der Waals surface area (Å²) in [6, 6.07) is 22.5. The van der Waals surface area contributed by atoms with Crippen LogP contribution >= 0.6 is 0 Å². The van der Waals surface area contributed by atoms with Crippen molar-refractivity contribution >= 4 is 21.7 Å². The van der Waals surface area contributed by atoms with Gasteiger partial charge in [-0.3, -0.25) is 4.99 Å². The number of likely N-dealkylation sites (tertiary alicyclic amines) is 1. The van der Waals surface area contributed by atoms with E-state index < -0.39 is 10.0 Å². The van der Waals surface area contributed by atoms with E-state index in [4.69, 9.17) is 10.1 Å². The number of anilines is 1. The molecule has 1 saturated heterocycles. The number of aromatic hydroxyl groups is 1. The van der Waals surface area contributed by atoms with E-state index in [-0.39, 0.29) is 10.6 Å². The van der Waals surface area contributed by atoms with Crippen LogP contribution in [0.4, 0.5) is 5.69 Å². The van der Waals surface area contributed by atoms with E-state index in [1.165, 1.54) is 18.6 Å². The Bertz CT molecular complexity index is 1280. The summed E-state index contributed by atoms with van der Waals surface area (Å²) in [5.74, 6) is 0.902. The van der Waals surface area contributed by atoms with Crippen molar-refractivity contribution < 1.29 is 13.5 Å². The summed E-state index contributed by atoms with van der Waals surface area (Å²) in [5, 5.41) is 19.2. The highest BCUT2D eigenvalue weighted by atomic mass is 32.2. The lowest BCUT2D eigenvalue weighted by Crippen LogP contribution is -2.45. The van der Waals surface area contributed by atoms with Crippen molar-refractivity contribution in [1.29, 1.82) is 0 Å². The maximum atomic E-state index is 11.5. The molecule has 35 heavy (non-hydrogen) atoms.